The summed E-state index contributed by atoms with van der Waals surface area (Å²) in [5, 5.41) is 19.9. The van der Waals surface area contributed by atoms with Gasteiger partial charge in [0.1, 0.15) is 11.5 Å². The molecule has 0 saturated carbocycles. The van der Waals surface area contributed by atoms with E-state index in [9.17, 15) is 29.0 Å². The van der Waals surface area contributed by atoms with Crippen LogP contribution in [0.3, 0.4) is 0 Å². The molecule has 0 radical (unpaired) electrons. The summed E-state index contributed by atoms with van der Waals surface area (Å²) >= 11 is 1.42. The fourth-order valence-electron chi connectivity index (χ4n) is 5.36. The average Bonchev–Trinajstić information content (AvgIpc) is 3.26. The molecule has 3 heterocycles. The van der Waals surface area contributed by atoms with E-state index in [4.69, 9.17) is 0 Å². The molecule has 2 amide bonds. The number of aliphatic hydroxyl groups excluding tert-OH is 1. The maximum atomic E-state index is 13.3. The van der Waals surface area contributed by atoms with E-state index in [2.05, 4.69) is 0 Å². The predicted octanol–water partition coefficient (Wildman–Crippen LogP) is 1.74. The minimum Gasteiger partial charge on any atom is -0.477 e. The molecular weight excluding hydrogens is 461 g/mol. The highest BCUT2D eigenvalue weighted by Gasteiger charge is 2.60. The Labute approximate surface area is 202 Å². The normalized spacial score (nSPS) is 29.8. The number of likely N-dealkylation sites (tertiary alicyclic amines) is 1. The van der Waals surface area contributed by atoms with E-state index in [0.717, 1.165) is 5.56 Å². The van der Waals surface area contributed by atoms with E-state index in [0.29, 0.717) is 24.4 Å². The Morgan fingerprint density at radius 3 is 2.47 bits per heavy atom. The number of carboxylic acid groups (broad SMARTS) is 1. The van der Waals surface area contributed by atoms with Gasteiger partial charge in [-0.05, 0) is 31.0 Å². The van der Waals surface area contributed by atoms with Crippen molar-refractivity contribution in [3.8, 4) is 0 Å². The minimum absolute atomic E-state index is 0.00290. The van der Waals surface area contributed by atoms with Gasteiger partial charge in [0.05, 0.1) is 24.1 Å². The van der Waals surface area contributed by atoms with Crippen LogP contribution in [-0.2, 0) is 20.9 Å². The van der Waals surface area contributed by atoms with Crippen LogP contribution in [0.1, 0.15) is 25.8 Å². The van der Waals surface area contributed by atoms with Crippen molar-refractivity contribution in [2.75, 3.05) is 20.6 Å². The zero-order valence-corrected chi connectivity index (χ0v) is 20.5. The minimum atomic E-state index is -1.16. The molecule has 8 nitrogen and oxygen atoms in total. The number of carbonyl (C=O) groups excluding carboxylic acids is 2. The van der Waals surface area contributed by atoms with Gasteiger partial charge in [0.15, 0.2) is 0 Å². The molecule has 0 aliphatic carbocycles. The zero-order valence-electron chi connectivity index (χ0n) is 19.6. The number of benzene rings is 1. The molecule has 4 rings (SSSR count). The van der Waals surface area contributed by atoms with Crippen molar-refractivity contribution in [3.63, 3.8) is 0 Å². The van der Waals surface area contributed by atoms with Gasteiger partial charge in [0.25, 0.3) is 0 Å². The van der Waals surface area contributed by atoms with Crippen LogP contribution in [0, 0.1) is 17.7 Å². The van der Waals surface area contributed by atoms with Gasteiger partial charge < -0.3 is 20.0 Å². The van der Waals surface area contributed by atoms with E-state index >= 15 is 0 Å². The van der Waals surface area contributed by atoms with E-state index in [1.165, 1.54) is 28.8 Å². The monoisotopic (exact) mass is 491 g/mol. The molecule has 3 aliphatic rings. The Balaban J connectivity index is 1.57. The van der Waals surface area contributed by atoms with Crippen LogP contribution in [0.2, 0.25) is 0 Å². The van der Waals surface area contributed by atoms with Gasteiger partial charge in [-0.1, -0.05) is 19.1 Å². The lowest BCUT2D eigenvalue weighted by atomic mass is 9.79. The summed E-state index contributed by atoms with van der Waals surface area (Å²) < 4.78 is 13.3. The van der Waals surface area contributed by atoms with Crippen LogP contribution in [0.5, 0.6) is 0 Å². The number of likely N-dealkylation sites (N-methyl/N-ethyl adjacent to an activating group) is 1. The summed E-state index contributed by atoms with van der Waals surface area (Å²) in [4.78, 5) is 43.2. The fourth-order valence-corrected chi connectivity index (χ4v) is 6.91. The Kier molecular flexibility index (Phi) is 6.76. The lowest BCUT2D eigenvalue weighted by Crippen LogP contribution is -2.63. The molecule has 1 aromatic rings. The maximum absolute atomic E-state index is 13.3. The highest BCUT2D eigenvalue weighted by molar-refractivity contribution is 8.03. The number of fused-ring (bicyclic) bond motifs is 1. The van der Waals surface area contributed by atoms with Crippen LogP contribution in [0.25, 0.3) is 0 Å². The lowest BCUT2D eigenvalue weighted by Gasteiger charge is -2.46. The summed E-state index contributed by atoms with van der Waals surface area (Å²) in [6, 6.07) is 5.44. The molecular formula is C24H30FN3O5S. The van der Waals surface area contributed by atoms with Crippen LogP contribution < -0.4 is 0 Å². The third-order valence-electron chi connectivity index (χ3n) is 6.99. The Hall–Kier alpha value is -2.43. The summed E-state index contributed by atoms with van der Waals surface area (Å²) in [6.45, 7) is 4.47. The number of hydrogen-bond acceptors (Lipinski definition) is 6. The second kappa shape index (κ2) is 9.31. The summed E-state index contributed by atoms with van der Waals surface area (Å²) in [5.41, 5.74) is 0.884. The quantitative estimate of drug-likeness (QED) is 0.561. The number of aliphatic hydroxyl groups is 1. The second-order valence-electron chi connectivity index (χ2n) is 9.55. The average molecular weight is 492 g/mol. The first-order valence-electron chi connectivity index (χ1n) is 11.4. The lowest BCUT2D eigenvalue weighted by molar-refractivity contribution is -0.163. The standard InChI is InChI=1S/C24H30FN3O5S/c1-12-19-18(13(2)29)23(31)28(19)20(24(32)33)21(12)34-16-9-17(22(30)26(3)4)27(11-16)10-14-5-7-15(25)8-6-14/h5-8,12-13,16-19,29H,9-11H2,1-4H3,(H,32,33). The van der Waals surface area contributed by atoms with Crippen LogP contribution >= 0.6 is 11.8 Å². The van der Waals surface area contributed by atoms with E-state index in [1.54, 1.807) is 38.1 Å². The Bertz CT molecular complexity index is 1030. The Morgan fingerprint density at radius 1 is 1.26 bits per heavy atom. The molecule has 0 aromatic heterocycles. The molecule has 6 atom stereocenters. The summed E-state index contributed by atoms with van der Waals surface area (Å²) in [6.07, 6.45) is -0.319. The number of nitrogens with zero attached hydrogens (tertiary/aromatic N) is 3. The van der Waals surface area contributed by atoms with Gasteiger partial charge in [-0.3, -0.25) is 14.5 Å². The number of carbonyl (C=O) groups is 3. The molecule has 6 unspecified atom stereocenters. The third-order valence-corrected chi connectivity index (χ3v) is 8.49. The SMILES string of the molecule is CC(O)C1C(=O)N2C(C(=O)O)=C(SC3CC(C(=O)N(C)C)N(Cc4ccc(F)cc4)C3)C(C)C12. The first-order chi connectivity index (χ1) is 16.0. The van der Waals surface area contributed by atoms with Crippen molar-refractivity contribution in [3.05, 3.63) is 46.2 Å². The highest BCUT2D eigenvalue weighted by Crippen LogP contribution is 2.52. The van der Waals surface area contributed by atoms with Gasteiger partial charge in [0, 0.05) is 43.3 Å². The number of β-lactam (4-membered cyclic amide) rings is 1. The topological polar surface area (TPSA) is 101 Å². The number of aliphatic carboxylic acids is 1. The van der Waals surface area contributed by atoms with Crippen molar-refractivity contribution in [1.29, 1.82) is 0 Å². The molecule has 34 heavy (non-hydrogen) atoms. The molecule has 184 valence electrons. The van der Waals surface area contributed by atoms with Crippen LogP contribution in [0.15, 0.2) is 34.9 Å². The van der Waals surface area contributed by atoms with Crippen LogP contribution in [-0.4, -0.2) is 86.8 Å². The van der Waals surface area contributed by atoms with Gasteiger partial charge in [-0.25, -0.2) is 9.18 Å². The fraction of sp³-hybridized carbons (Fsp3) is 0.542. The molecule has 10 heteroatoms. The van der Waals surface area contributed by atoms with Gasteiger partial charge in [0.2, 0.25) is 11.8 Å². The summed E-state index contributed by atoms with van der Waals surface area (Å²) in [5.74, 6) is -2.70. The number of amides is 2. The van der Waals surface area contributed by atoms with E-state index < -0.39 is 18.0 Å². The first-order valence-corrected chi connectivity index (χ1v) is 12.2. The van der Waals surface area contributed by atoms with E-state index in [-0.39, 0.29) is 46.6 Å². The van der Waals surface area contributed by atoms with Crippen molar-refractivity contribution >= 4 is 29.5 Å². The van der Waals surface area contributed by atoms with Gasteiger partial charge in [-0.2, -0.15) is 0 Å². The van der Waals surface area contributed by atoms with Crippen molar-refractivity contribution in [1.82, 2.24) is 14.7 Å². The van der Waals surface area contributed by atoms with Crippen molar-refractivity contribution in [2.45, 2.75) is 50.3 Å². The maximum Gasteiger partial charge on any atom is 0.353 e. The van der Waals surface area contributed by atoms with Crippen molar-refractivity contribution in [2.24, 2.45) is 11.8 Å². The number of hydrogen-bond donors (Lipinski definition) is 2. The van der Waals surface area contributed by atoms with E-state index in [1.807, 2.05) is 11.8 Å². The number of thioether (sulfide) groups is 1. The molecule has 3 aliphatic heterocycles. The highest BCUT2D eigenvalue weighted by atomic mass is 32.2. The van der Waals surface area contributed by atoms with Gasteiger partial charge in [-0.15, -0.1) is 11.8 Å². The zero-order chi connectivity index (χ0) is 24.9. The number of carboxylic acids is 1. The number of halogens is 1. The third kappa shape index (κ3) is 4.23. The smallest absolute Gasteiger partial charge is 0.353 e. The molecule has 0 bridgehead atoms. The molecule has 0 spiro atoms. The summed E-state index contributed by atoms with van der Waals surface area (Å²) in [7, 11) is 3.41. The van der Waals surface area contributed by atoms with Gasteiger partial charge >= 0.3 is 5.97 Å². The molecule has 2 fully saturated rings. The Morgan fingerprint density at radius 2 is 1.91 bits per heavy atom. The molecule has 1 aromatic carbocycles. The van der Waals surface area contributed by atoms with Crippen LogP contribution in [0.4, 0.5) is 4.39 Å². The molecule has 2 N–H and O–H groups in total. The predicted molar refractivity (Wildman–Crippen MR) is 125 cm³/mol. The van der Waals surface area contributed by atoms with Crippen molar-refractivity contribution < 1.29 is 29.0 Å². The molecule has 2 saturated heterocycles. The second-order valence-corrected chi connectivity index (χ2v) is 10.9. The largest absolute Gasteiger partial charge is 0.477 e. The number of rotatable bonds is 7. The first kappa shape index (κ1) is 24.7.